The molecule has 0 atom stereocenters. The predicted molar refractivity (Wildman–Crippen MR) is 186 cm³/mol. The highest BCUT2D eigenvalue weighted by molar-refractivity contribution is 7.90. The van der Waals surface area contributed by atoms with Crippen LogP contribution in [0.3, 0.4) is 0 Å². The van der Waals surface area contributed by atoms with E-state index in [1.54, 1.807) is 18.2 Å². The third-order valence-electron chi connectivity index (χ3n) is 6.75. The number of carbonyl (C=O) groups is 4. The highest BCUT2D eigenvalue weighted by Crippen LogP contribution is 2.19. The van der Waals surface area contributed by atoms with Gasteiger partial charge in [0.05, 0.1) is 61.5 Å². The van der Waals surface area contributed by atoms with Gasteiger partial charge in [0, 0.05) is 25.7 Å². The van der Waals surface area contributed by atoms with Gasteiger partial charge in [-0.25, -0.2) is 13.2 Å². The molecule has 0 radical (unpaired) electrons. The van der Waals surface area contributed by atoms with Gasteiger partial charge >= 0.3 is 11.9 Å². The lowest BCUT2D eigenvalue weighted by Gasteiger charge is -2.19. The number of nitrogens with one attached hydrogen (secondary N) is 2. The molecule has 15 nitrogen and oxygen atoms in total. The lowest BCUT2D eigenvalue weighted by Crippen LogP contribution is -2.31. The second-order valence-corrected chi connectivity index (χ2v) is 14.4. The molecule has 1 heterocycles. The van der Waals surface area contributed by atoms with Crippen LogP contribution in [-0.2, 0) is 60.1 Å². The van der Waals surface area contributed by atoms with Crippen molar-refractivity contribution in [3.8, 4) is 0 Å². The van der Waals surface area contributed by atoms with Crippen molar-refractivity contribution in [2.45, 2.75) is 69.1 Å². The van der Waals surface area contributed by atoms with Gasteiger partial charge in [-0.2, -0.15) is 0 Å². The number of aliphatic carboxylic acids is 1. The van der Waals surface area contributed by atoms with Crippen molar-refractivity contribution in [1.82, 2.24) is 15.6 Å². The van der Waals surface area contributed by atoms with E-state index in [4.69, 9.17) is 28.8 Å². The first-order valence-electron chi connectivity index (χ1n) is 16.8. The number of ether oxygens (including phenoxy) is 5. The van der Waals surface area contributed by atoms with E-state index in [9.17, 15) is 27.6 Å². The van der Waals surface area contributed by atoms with Crippen molar-refractivity contribution in [3.05, 3.63) is 59.4 Å². The first kappa shape index (κ1) is 43.2. The van der Waals surface area contributed by atoms with Crippen molar-refractivity contribution in [2.24, 2.45) is 0 Å². The molecule has 0 aliphatic rings. The molecule has 0 bridgehead atoms. The molecule has 2 aromatic rings. The fraction of sp³-hybridized carbons (Fsp3) is 0.571. The molecular weight excluding hydrogens is 686 g/mol. The monoisotopic (exact) mass is 737 g/mol. The van der Waals surface area contributed by atoms with Crippen LogP contribution in [0.5, 0.6) is 0 Å². The Hall–Kier alpha value is -3.96. The number of amides is 2. The number of carboxylic acids is 1. The fourth-order valence-electron chi connectivity index (χ4n) is 4.40. The van der Waals surface area contributed by atoms with Gasteiger partial charge in [-0.3, -0.25) is 19.4 Å². The maximum absolute atomic E-state index is 13.1. The second kappa shape index (κ2) is 23.5. The maximum Gasteiger partial charge on any atom is 0.329 e. The molecule has 284 valence electrons. The summed E-state index contributed by atoms with van der Waals surface area (Å²) >= 11 is 0. The molecule has 16 heteroatoms. The number of hydrogen-bond donors (Lipinski definition) is 3. The molecule has 0 unspecified atom stereocenters. The Labute approximate surface area is 299 Å². The average Bonchev–Trinajstić information content (AvgIpc) is 3.06. The van der Waals surface area contributed by atoms with Gasteiger partial charge in [0.1, 0.15) is 18.8 Å². The number of benzene rings is 1. The van der Waals surface area contributed by atoms with Crippen molar-refractivity contribution in [1.29, 1.82) is 0 Å². The van der Waals surface area contributed by atoms with E-state index in [0.717, 1.165) is 18.4 Å². The zero-order valence-corrected chi connectivity index (χ0v) is 30.5. The Bertz CT molecular complexity index is 1480. The number of rotatable bonds is 26. The van der Waals surface area contributed by atoms with E-state index in [1.165, 1.54) is 18.3 Å². The van der Waals surface area contributed by atoms with E-state index >= 15 is 0 Å². The maximum atomic E-state index is 13.1. The van der Waals surface area contributed by atoms with Crippen LogP contribution in [0.2, 0.25) is 0 Å². The molecule has 0 fully saturated rings. The number of unbranched alkanes of at least 4 members (excludes halogenated alkanes) is 2. The number of sulfone groups is 1. The number of esters is 1. The molecule has 1 aromatic heterocycles. The van der Waals surface area contributed by atoms with Crippen LogP contribution >= 0.6 is 0 Å². The minimum Gasteiger partial charge on any atom is -0.480 e. The summed E-state index contributed by atoms with van der Waals surface area (Å²) in [6.07, 6.45) is 4.71. The van der Waals surface area contributed by atoms with E-state index in [1.807, 2.05) is 26.8 Å². The van der Waals surface area contributed by atoms with Crippen LogP contribution in [0.4, 0.5) is 0 Å². The zero-order chi connectivity index (χ0) is 37.5. The normalized spacial score (nSPS) is 11.6. The summed E-state index contributed by atoms with van der Waals surface area (Å²) < 4.78 is 52.2. The van der Waals surface area contributed by atoms with Crippen LogP contribution in [0.1, 0.15) is 68.1 Å². The number of carbonyl (C=O) groups excluding carboxylic acids is 3. The molecule has 0 saturated heterocycles. The molecule has 2 rings (SSSR count). The number of carboxylic acid groups (broad SMARTS) is 1. The number of hydrogen-bond acceptors (Lipinski definition) is 12. The number of aromatic nitrogens is 1. The standard InChI is InChI=1S/C35H51N3O12S/c1-35(2,3)50-33(42)11-6-4-5-8-27-9-7-10-30(22-27)51(44,45)26-29-13-12-28(23-38-29)34(43)37-15-17-47-18-20-48-24-31(39)36-14-16-46-19-21-49-25-32(40)41/h7,9-10,12-13,22-23H,4-6,8,11,14-21,24-26H2,1-3H3,(H,36,39)(H,37,43)(H,40,41). The highest BCUT2D eigenvalue weighted by Gasteiger charge is 2.18. The van der Waals surface area contributed by atoms with Crippen molar-refractivity contribution >= 4 is 33.6 Å². The summed E-state index contributed by atoms with van der Waals surface area (Å²) in [5.41, 5.74) is 0.980. The molecule has 0 spiro atoms. The molecule has 3 N–H and O–H groups in total. The smallest absolute Gasteiger partial charge is 0.329 e. The topological polar surface area (TPSA) is 206 Å². The van der Waals surface area contributed by atoms with Gasteiger partial charge in [-0.1, -0.05) is 18.6 Å². The third-order valence-corrected chi connectivity index (χ3v) is 8.40. The van der Waals surface area contributed by atoms with Crippen molar-refractivity contribution < 1.29 is 56.4 Å². The molecule has 0 aliphatic carbocycles. The van der Waals surface area contributed by atoms with E-state index in [-0.39, 0.29) is 99.9 Å². The number of nitrogens with zero attached hydrogens (tertiary/aromatic N) is 1. The quantitative estimate of drug-likeness (QED) is 0.0939. The minimum atomic E-state index is -3.67. The molecular formula is C35H51N3O12S. The SMILES string of the molecule is CC(C)(C)OC(=O)CCCCCc1cccc(S(=O)(=O)Cc2ccc(C(=O)NCCOCCOCC(=O)NCCOCCOCC(=O)O)cn2)c1. The summed E-state index contributed by atoms with van der Waals surface area (Å²) in [6.45, 7) is 6.67. The van der Waals surface area contributed by atoms with Crippen LogP contribution in [0, 0.1) is 0 Å². The van der Waals surface area contributed by atoms with E-state index in [2.05, 4.69) is 15.6 Å². The Kier molecular flexibility index (Phi) is 19.9. The molecule has 2 amide bonds. The van der Waals surface area contributed by atoms with Gasteiger partial charge < -0.3 is 39.4 Å². The number of aryl methyl sites for hydroxylation is 1. The summed E-state index contributed by atoms with van der Waals surface area (Å²) in [5, 5.41) is 13.8. The van der Waals surface area contributed by atoms with Crippen LogP contribution in [-0.4, -0.2) is 114 Å². The predicted octanol–water partition coefficient (Wildman–Crippen LogP) is 2.50. The third kappa shape index (κ3) is 20.5. The van der Waals surface area contributed by atoms with E-state index < -0.39 is 21.4 Å². The highest BCUT2D eigenvalue weighted by atomic mass is 32.2. The van der Waals surface area contributed by atoms with Gasteiger partial charge in [-0.15, -0.1) is 0 Å². The van der Waals surface area contributed by atoms with Gasteiger partial charge in [0.25, 0.3) is 5.91 Å². The second-order valence-electron chi connectivity index (χ2n) is 12.4. The minimum absolute atomic E-state index is 0.146. The van der Waals surface area contributed by atoms with Crippen LogP contribution in [0.15, 0.2) is 47.5 Å². The van der Waals surface area contributed by atoms with E-state index in [0.29, 0.717) is 25.0 Å². The van der Waals surface area contributed by atoms with Gasteiger partial charge in [0.15, 0.2) is 9.84 Å². The summed E-state index contributed by atoms with van der Waals surface area (Å²) in [6, 6.07) is 9.86. The molecule has 51 heavy (non-hydrogen) atoms. The number of pyridine rings is 1. The van der Waals surface area contributed by atoms with Gasteiger partial charge in [-0.05, 0) is 69.9 Å². The first-order chi connectivity index (χ1) is 24.2. The fourth-order valence-corrected chi connectivity index (χ4v) is 5.74. The summed E-state index contributed by atoms with van der Waals surface area (Å²) in [7, 11) is -3.67. The Morgan fingerprint density at radius 1 is 0.804 bits per heavy atom. The summed E-state index contributed by atoms with van der Waals surface area (Å²) in [5.74, 6) is -2.29. The van der Waals surface area contributed by atoms with Crippen molar-refractivity contribution in [3.63, 3.8) is 0 Å². The van der Waals surface area contributed by atoms with Crippen LogP contribution in [0.25, 0.3) is 0 Å². The Morgan fingerprint density at radius 3 is 2.12 bits per heavy atom. The molecule has 0 aliphatic heterocycles. The first-order valence-corrected chi connectivity index (χ1v) is 18.5. The lowest BCUT2D eigenvalue weighted by atomic mass is 10.1. The lowest BCUT2D eigenvalue weighted by molar-refractivity contribution is -0.155. The van der Waals surface area contributed by atoms with Crippen LogP contribution < -0.4 is 10.6 Å². The Morgan fingerprint density at radius 2 is 1.47 bits per heavy atom. The summed E-state index contributed by atoms with van der Waals surface area (Å²) in [4.78, 5) is 50.8. The Balaban J connectivity index is 1.59. The zero-order valence-electron chi connectivity index (χ0n) is 29.6. The molecule has 1 aromatic carbocycles. The largest absolute Gasteiger partial charge is 0.480 e. The molecule has 0 saturated carbocycles. The van der Waals surface area contributed by atoms with Gasteiger partial charge in [0.2, 0.25) is 5.91 Å². The average molecular weight is 738 g/mol. The van der Waals surface area contributed by atoms with Crippen molar-refractivity contribution in [2.75, 3.05) is 65.9 Å².